The third-order valence-corrected chi connectivity index (χ3v) is 6.41. The molecule has 8 nitrogen and oxygen atoms in total. The minimum absolute atomic E-state index is 0.0324. The number of carbonyl (C=O) groups excluding carboxylic acids is 2. The minimum atomic E-state index is -1.08. The third-order valence-electron chi connectivity index (χ3n) is 5.16. The van der Waals surface area contributed by atoms with E-state index in [-0.39, 0.29) is 23.5 Å². The zero-order chi connectivity index (χ0) is 19.2. The average Bonchev–Trinajstić information content (AvgIpc) is 3.08. The molecule has 2 aliphatic rings. The number of hydroxylamine groups is 2. The van der Waals surface area contributed by atoms with Crippen LogP contribution in [-0.4, -0.2) is 54.9 Å². The molecule has 0 amide bonds. The minimum Gasteiger partial charge on any atom is -0.622 e. The summed E-state index contributed by atoms with van der Waals surface area (Å²) < 4.78 is 9.73. The number of hydrogen-bond donors (Lipinski definition) is 0. The molecule has 3 rings (SSSR count). The highest BCUT2D eigenvalue weighted by atomic mass is 32.1. The lowest BCUT2D eigenvalue weighted by atomic mass is 9.82. The normalized spacial score (nSPS) is 32.1. The molecule has 0 spiro atoms. The summed E-state index contributed by atoms with van der Waals surface area (Å²) >= 11 is 1.12. The third kappa shape index (κ3) is 3.18. The number of esters is 1. The van der Waals surface area contributed by atoms with E-state index < -0.39 is 23.1 Å². The first-order chi connectivity index (χ1) is 12.2. The molecule has 1 aliphatic heterocycles. The first-order valence-electron chi connectivity index (χ1n) is 8.69. The summed E-state index contributed by atoms with van der Waals surface area (Å²) in [6.45, 7) is 5.48. The molecule has 144 valence electrons. The summed E-state index contributed by atoms with van der Waals surface area (Å²) in [6, 6.07) is 0. The van der Waals surface area contributed by atoms with Crippen LogP contribution in [-0.2, 0) is 20.7 Å². The second-order valence-electron chi connectivity index (χ2n) is 7.43. The molecule has 1 aliphatic carbocycles. The van der Waals surface area contributed by atoms with Crippen molar-refractivity contribution in [3.63, 3.8) is 0 Å². The van der Waals surface area contributed by atoms with Crippen LogP contribution < -0.4 is 4.65 Å². The standard InChI is InChI=1S/C17H25N3O5S/c1-9(2)11-6-12-14(13(22)7-11)26-17(18-12)20(23)8-19(4)15(24-5)16(20)25-10(3)21/h9,11,15-16H,6-8H2,1-5H3. The molecule has 1 saturated heterocycles. The summed E-state index contributed by atoms with van der Waals surface area (Å²) in [7, 11) is 3.20. The van der Waals surface area contributed by atoms with E-state index in [0.717, 1.165) is 11.3 Å². The summed E-state index contributed by atoms with van der Waals surface area (Å²) in [6.07, 6.45) is -0.571. The number of aromatic nitrogens is 1. The van der Waals surface area contributed by atoms with Gasteiger partial charge in [0.2, 0.25) is 6.23 Å². The number of carbonyl (C=O) groups is 2. The fourth-order valence-electron chi connectivity index (χ4n) is 3.68. The van der Waals surface area contributed by atoms with Gasteiger partial charge in [-0.3, -0.25) is 14.2 Å². The number of rotatable bonds is 4. The molecule has 0 saturated carbocycles. The van der Waals surface area contributed by atoms with Crippen LogP contribution in [0.3, 0.4) is 0 Å². The van der Waals surface area contributed by atoms with Gasteiger partial charge < -0.3 is 14.7 Å². The van der Waals surface area contributed by atoms with E-state index in [2.05, 4.69) is 18.8 Å². The Bertz CT molecular complexity index is 721. The van der Waals surface area contributed by atoms with Gasteiger partial charge in [0.25, 0.3) is 11.4 Å². The van der Waals surface area contributed by atoms with E-state index in [9.17, 15) is 14.8 Å². The van der Waals surface area contributed by atoms with Crippen molar-refractivity contribution in [1.82, 2.24) is 14.5 Å². The maximum atomic E-state index is 13.7. The molecular formula is C17H25N3O5S. The molecule has 9 heteroatoms. The van der Waals surface area contributed by atoms with Gasteiger partial charge in [0.1, 0.15) is 6.67 Å². The van der Waals surface area contributed by atoms with Gasteiger partial charge in [-0.2, -0.15) is 4.98 Å². The van der Waals surface area contributed by atoms with Crippen molar-refractivity contribution in [2.45, 2.75) is 46.1 Å². The van der Waals surface area contributed by atoms with Crippen LogP contribution in [0.4, 0.5) is 5.13 Å². The summed E-state index contributed by atoms with van der Waals surface area (Å²) in [5, 5.41) is 13.9. The van der Waals surface area contributed by atoms with Crippen LogP contribution in [0.2, 0.25) is 0 Å². The Morgan fingerprint density at radius 2 is 2.12 bits per heavy atom. The zero-order valence-electron chi connectivity index (χ0n) is 15.7. The van der Waals surface area contributed by atoms with E-state index in [1.165, 1.54) is 14.0 Å². The smallest absolute Gasteiger partial charge is 0.307 e. The number of ketones is 1. The molecule has 0 aromatic carbocycles. The van der Waals surface area contributed by atoms with Crippen LogP contribution in [0, 0.1) is 17.0 Å². The Morgan fingerprint density at radius 3 is 2.69 bits per heavy atom. The monoisotopic (exact) mass is 383 g/mol. The molecule has 1 aromatic rings. The highest BCUT2D eigenvalue weighted by molar-refractivity contribution is 7.17. The molecule has 0 N–H and O–H groups in total. The number of quaternary nitrogens is 1. The van der Waals surface area contributed by atoms with Gasteiger partial charge in [-0.05, 0) is 25.3 Å². The van der Waals surface area contributed by atoms with Crippen molar-refractivity contribution in [2.24, 2.45) is 11.8 Å². The zero-order valence-corrected chi connectivity index (χ0v) is 16.5. The number of fused-ring (bicyclic) bond motifs is 1. The quantitative estimate of drug-likeness (QED) is 0.447. The molecule has 1 aromatic heterocycles. The lowest BCUT2D eigenvalue weighted by Gasteiger charge is -2.38. The summed E-state index contributed by atoms with van der Waals surface area (Å²) in [5.41, 5.74) is 0.693. The van der Waals surface area contributed by atoms with E-state index in [1.807, 2.05) is 0 Å². The summed E-state index contributed by atoms with van der Waals surface area (Å²) in [5.74, 6) is 0.0997. The molecule has 2 heterocycles. The molecule has 1 fully saturated rings. The average molecular weight is 383 g/mol. The van der Waals surface area contributed by atoms with Crippen molar-refractivity contribution in [1.29, 1.82) is 0 Å². The second kappa shape index (κ2) is 6.97. The Hall–Kier alpha value is -1.39. The number of likely N-dealkylation sites (N-methyl/N-ethyl adjacent to an activating group) is 1. The second-order valence-corrected chi connectivity index (χ2v) is 8.41. The molecule has 0 bridgehead atoms. The van der Waals surface area contributed by atoms with Crippen LogP contribution in [0.5, 0.6) is 0 Å². The van der Waals surface area contributed by atoms with Crippen molar-refractivity contribution in [2.75, 3.05) is 20.8 Å². The van der Waals surface area contributed by atoms with E-state index >= 15 is 0 Å². The lowest BCUT2D eigenvalue weighted by Crippen LogP contribution is -2.52. The van der Waals surface area contributed by atoms with Gasteiger partial charge >= 0.3 is 5.97 Å². The first-order valence-corrected chi connectivity index (χ1v) is 9.51. The van der Waals surface area contributed by atoms with Crippen LogP contribution >= 0.6 is 11.3 Å². The van der Waals surface area contributed by atoms with Crippen molar-refractivity contribution < 1.29 is 19.1 Å². The fourth-order valence-corrected chi connectivity index (χ4v) is 4.77. The highest BCUT2D eigenvalue weighted by Gasteiger charge is 2.53. The van der Waals surface area contributed by atoms with Crippen LogP contribution in [0.1, 0.15) is 42.6 Å². The first kappa shape index (κ1) is 19.4. The van der Waals surface area contributed by atoms with Gasteiger partial charge in [0.05, 0.1) is 10.6 Å². The van der Waals surface area contributed by atoms with Gasteiger partial charge in [0, 0.05) is 20.5 Å². The fraction of sp³-hybridized carbons (Fsp3) is 0.706. The van der Waals surface area contributed by atoms with Crippen LogP contribution in [0.15, 0.2) is 0 Å². The molecule has 4 atom stereocenters. The highest BCUT2D eigenvalue weighted by Crippen LogP contribution is 2.42. The Balaban J connectivity index is 1.99. The van der Waals surface area contributed by atoms with Crippen LogP contribution in [0.25, 0.3) is 0 Å². The Morgan fingerprint density at radius 1 is 1.42 bits per heavy atom. The van der Waals surface area contributed by atoms with Gasteiger partial charge in [-0.25, -0.2) is 4.90 Å². The number of Topliss-reactive ketones (excluding diaryl/α,β-unsaturated/α-hetero) is 1. The predicted molar refractivity (Wildman–Crippen MR) is 97.2 cm³/mol. The molecular weight excluding hydrogens is 358 g/mol. The molecule has 4 unspecified atom stereocenters. The van der Waals surface area contributed by atoms with Crippen molar-refractivity contribution >= 4 is 28.2 Å². The maximum Gasteiger partial charge on any atom is 0.307 e. The summed E-state index contributed by atoms with van der Waals surface area (Å²) in [4.78, 5) is 30.8. The van der Waals surface area contributed by atoms with Crippen molar-refractivity contribution in [3.8, 4) is 0 Å². The topological polar surface area (TPSA) is 91.8 Å². The maximum absolute atomic E-state index is 13.7. The number of methoxy groups -OCH3 is 1. The van der Waals surface area contributed by atoms with Gasteiger partial charge in [0.15, 0.2) is 5.78 Å². The number of nitrogens with zero attached hydrogens (tertiary/aromatic N) is 3. The van der Waals surface area contributed by atoms with E-state index in [0.29, 0.717) is 29.3 Å². The van der Waals surface area contributed by atoms with Gasteiger partial charge in [-0.1, -0.05) is 25.2 Å². The lowest BCUT2D eigenvalue weighted by molar-refractivity contribution is -0.163. The number of ether oxygens (including phenoxy) is 2. The SMILES string of the molecule is COC1C(OC(C)=O)[N+]([O-])(c2nc3c(s2)C(=O)CC(C(C)C)C3)CN1C. The van der Waals surface area contributed by atoms with E-state index in [4.69, 9.17) is 9.47 Å². The van der Waals surface area contributed by atoms with Gasteiger partial charge in [-0.15, -0.1) is 0 Å². The Labute approximate surface area is 156 Å². The number of hydrogen-bond acceptors (Lipinski definition) is 8. The predicted octanol–water partition coefficient (Wildman–Crippen LogP) is 2.11. The van der Waals surface area contributed by atoms with Crippen molar-refractivity contribution in [3.05, 3.63) is 15.8 Å². The molecule has 26 heavy (non-hydrogen) atoms. The number of thiazole rings is 1. The molecule has 0 radical (unpaired) electrons. The Kier molecular flexibility index (Phi) is 5.19. The largest absolute Gasteiger partial charge is 0.622 e. The van der Waals surface area contributed by atoms with E-state index in [1.54, 1.807) is 11.9 Å².